The summed E-state index contributed by atoms with van der Waals surface area (Å²) in [6.07, 6.45) is 4.32. The van der Waals surface area contributed by atoms with Crippen LogP contribution >= 0.6 is 11.3 Å². The van der Waals surface area contributed by atoms with E-state index in [1.807, 2.05) is 23.9 Å². The van der Waals surface area contributed by atoms with Gasteiger partial charge in [-0.3, -0.25) is 4.98 Å². The largest absolute Gasteiger partial charge is 0.453 e. The molecule has 0 aliphatic heterocycles. The molecule has 0 aliphatic carbocycles. The van der Waals surface area contributed by atoms with Crippen molar-refractivity contribution in [2.45, 2.75) is 26.8 Å². The van der Waals surface area contributed by atoms with E-state index in [1.54, 1.807) is 26.3 Å². The number of halogens is 3. The molecule has 13 heteroatoms. The van der Waals surface area contributed by atoms with Gasteiger partial charge in [0.25, 0.3) is 0 Å². The Bertz CT molecular complexity index is 1630. The van der Waals surface area contributed by atoms with Crippen LogP contribution in [0.3, 0.4) is 0 Å². The first kappa shape index (κ1) is 30.8. The molecule has 222 valence electrons. The summed E-state index contributed by atoms with van der Waals surface area (Å²) < 4.78 is 56.0. The van der Waals surface area contributed by atoms with E-state index in [-0.39, 0.29) is 23.6 Å². The maximum absolute atomic E-state index is 15.0. The molecule has 0 aliphatic rings. The van der Waals surface area contributed by atoms with Crippen molar-refractivity contribution < 1.29 is 27.4 Å². The number of aromatic nitrogens is 3. The number of nitrogens with zero attached hydrogens (tertiary/aromatic N) is 3. The average Bonchev–Trinajstić information content (AvgIpc) is 3.55. The van der Waals surface area contributed by atoms with E-state index in [0.717, 1.165) is 42.0 Å². The summed E-state index contributed by atoms with van der Waals surface area (Å²) in [6.45, 7) is 4.61. The average molecular weight is 601 g/mol. The van der Waals surface area contributed by atoms with Gasteiger partial charge in [0.1, 0.15) is 23.2 Å². The Balaban J connectivity index is 1.48. The summed E-state index contributed by atoms with van der Waals surface area (Å²) in [5, 5.41) is 7.93. The van der Waals surface area contributed by atoms with E-state index in [4.69, 9.17) is 9.47 Å². The van der Waals surface area contributed by atoms with E-state index in [9.17, 15) is 13.6 Å². The van der Waals surface area contributed by atoms with Crippen LogP contribution in [0.2, 0.25) is 0 Å². The van der Waals surface area contributed by atoms with Gasteiger partial charge in [-0.1, -0.05) is 6.92 Å². The van der Waals surface area contributed by atoms with Crippen LogP contribution in [0.15, 0.2) is 66.2 Å². The third-order valence-corrected chi connectivity index (χ3v) is 7.27. The quantitative estimate of drug-likeness (QED) is 0.120. The number of hydrogen-bond donors (Lipinski definition) is 3. The second-order valence-electron chi connectivity index (χ2n) is 9.15. The minimum Gasteiger partial charge on any atom is -0.453 e. The van der Waals surface area contributed by atoms with Crippen molar-refractivity contribution in [2.75, 3.05) is 25.6 Å². The number of imidazole rings is 1. The van der Waals surface area contributed by atoms with E-state index in [0.29, 0.717) is 29.1 Å². The van der Waals surface area contributed by atoms with Crippen LogP contribution in [0.5, 0.6) is 11.5 Å². The molecule has 4 aromatic rings. The van der Waals surface area contributed by atoms with E-state index in [2.05, 4.69) is 25.9 Å². The zero-order chi connectivity index (χ0) is 30.2. The fourth-order valence-corrected chi connectivity index (χ4v) is 4.98. The van der Waals surface area contributed by atoms with Gasteiger partial charge in [0.15, 0.2) is 11.6 Å². The number of fused-ring (bicyclic) bond motifs is 1. The Morgan fingerprint density at radius 1 is 1.17 bits per heavy atom. The molecular formula is C29H31F3N6O3S. The van der Waals surface area contributed by atoms with Gasteiger partial charge < -0.3 is 30.0 Å². The lowest BCUT2D eigenvalue weighted by Crippen LogP contribution is -2.28. The maximum Gasteiger partial charge on any atom is 0.323 e. The predicted molar refractivity (Wildman–Crippen MR) is 157 cm³/mol. The van der Waals surface area contributed by atoms with Gasteiger partial charge >= 0.3 is 6.03 Å². The van der Waals surface area contributed by atoms with Gasteiger partial charge in [-0.25, -0.2) is 22.9 Å². The van der Waals surface area contributed by atoms with E-state index >= 15 is 4.39 Å². The molecule has 3 N–H and O–H groups in total. The molecular weight excluding hydrogens is 569 g/mol. The number of rotatable bonds is 12. The number of thiophene rings is 1. The number of hydrogen-bond acceptors (Lipinski definition) is 7. The molecule has 0 unspecified atom stereocenters. The summed E-state index contributed by atoms with van der Waals surface area (Å²) in [7, 11) is 3.59. The molecule has 0 spiro atoms. The van der Waals surface area contributed by atoms with Gasteiger partial charge in [0.05, 0.1) is 39.3 Å². The number of urea groups is 1. The number of amides is 2. The molecule has 0 fully saturated rings. The number of allylic oxidation sites excluding steroid dienone is 3. The molecule has 3 heterocycles. The minimum absolute atomic E-state index is 0.0423. The molecule has 0 saturated carbocycles. The molecule has 0 bridgehead atoms. The number of carbonyl (C=O) groups excluding carboxylic acids is 1. The summed E-state index contributed by atoms with van der Waals surface area (Å²) in [5.74, 6) is -1.02. The molecule has 42 heavy (non-hydrogen) atoms. The Labute approximate surface area is 245 Å². The van der Waals surface area contributed by atoms with Crippen LogP contribution in [0.4, 0.5) is 23.7 Å². The highest BCUT2D eigenvalue weighted by molar-refractivity contribution is 7.22. The number of nitrogens with one attached hydrogen (secondary N) is 3. The summed E-state index contributed by atoms with van der Waals surface area (Å²) in [4.78, 5) is 22.2. The summed E-state index contributed by atoms with van der Waals surface area (Å²) in [6, 6.07) is 6.55. The molecule has 0 atom stereocenters. The van der Waals surface area contributed by atoms with Gasteiger partial charge in [-0.05, 0) is 37.6 Å². The van der Waals surface area contributed by atoms with Crippen LogP contribution < -0.4 is 20.7 Å². The Morgan fingerprint density at radius 2 is 1.98 bits per heavy atom. The first-order chi connectivity index (χ1) is 20.2. The van der Waals surface area contributed by atoms with E-state index in [1.165, 1.54) is 23.5 Å². The first-order valence-electron chi connectivity index (χ1n) is 13.1. The van der Waals surface area contributed by atoms with Crippen molar-refractivity contribution in [1.29, 1.82) is 0 Å². The van der Waals surface area contributed by atoms with Gasteiger partial charge in [-0.15, -0.1) is 11.3 Å². The summed E-state index contributed by atoms with van der Waals surface area (Å²) in [5.41, 5.74) is 1.44. The van der Waals surface area contributed by atoms with Crippen molar-refractivity contribution in [3.8, 4) is 22.2 Å². The highest BCUT2D eigenvalue weighted by Gasteiger charge is 2.17. The number of ether oxygens (including phenoxy) is 2. The molecule has 0 radical (unpaired) electrons. The minimum atomic E-state index is -0.861. The lowest BCUT2D eigenvalue weighted by atomic mass is 10.2. The molecule has 0 saturated heterocycles. The van der Waals surface area contributed by atoms with Gasteiger partial charge in [0, 0.05) is 51.3 Å². The zero-order valence-corrected chi connectivity index (χ0v) is 24.4. The number of anilines is 1. The first-order valence-corrected chi connectivity index (χ1v) is 13.9. The highest BCUT2D eigenvalue weighted by Crippen LogP contribution is 2.39. The standard InChI is InChI=1S/C29H31F3N6O3S/c1-5-18(31)12-22(17(2)30)37-29(39)36-19-6-7-24(21(32)13-19)41-25-8-9-34-23-14-26(42-27(23)25)28-35-16-20(38(28)3)15-33-10-11-40-4/h6-9,12-14,16,33H,5,10-11,15H2,1-4H3,(H2,36,37,39)/b18-12+,22-17-. The molecule has 9 nitrogen and oxygen atoms in total. The Hall–Kier alpha value is -4.20. The summed E-state index contributed by atoms with van der Waals surface area (Å²) >= 11 is 1.42. The van der Waals surface area contributed by atoms with Crippen LogP contribution in [0.25, 0.3) is 20.9 Å². The smallest absolute Gasteiger partial charge is 0.323 e. The fraction of sp³-hybridized carbons (Fsp3) is 0.276. The number of benzene rings is 1. The molecule has 4 rings (SSSR count). The lowest BCUT2D eigenvalue weighted by molar-refractivity contribution is 0.199. The maximum atomic E-state index is 15.0. The van der Waals surface area contributed by atoms with Crippen molar-refractivity contribution >= 4 is 33.3 Å². The highest BCUT2D eigenvalue weighted by atomic mass is 32.1. The SMILES string of the molecule is CC/C(F)=C\C(NC(=O)Nc1ccc(Oc2ccnc3cc(-c4ncc(CNCCOC)n4C)sc23)c(F)c1)=C(/C)F. The topological polar surface area (TPSA) is 102 Å². The second kappa shape index (κ2) is 14.1. The van der Waals surface area contributed by atoms with Crippen LogP contribution in [0.1, 0.15) is 26.0 Å². The molecule has 2 amide bonds. The van der Waals surface area contributed by atoms with Crippen LogP contribution in [-0.2, 0) is 18.3 Å². The lowest BCUT2D eigenvalue weighted by Gasteiger charge is -2.11. The third kappa shape index (κ3) is 7.55. The second-order valence-corrected chi connectivity index (χ2v) is 10.2. The van der Waals surface area contributed by atoms with Crippen molar-refractivity contribution in [2.24, 2.45) is 7.05 Å². The zero-order valence-electron chi connectivity index (χ0n) is 23.6. The molecule has 1 aromatic carbocycles. The third-order valence-electron chi connectivity index (χ3n) is 6.14. The normalized spacial score (nSPS) is 12.4. The van der Waals surface area contributed by atoms with Gasteiger partial charge in [-0.2, -0.15) is 0 Å². The number of pyridine rings is 1. The van der Waals surface area contributed by atoms with Crippen LogP contribution in [0, 0.1) is 5.82 Å². The molecule has 3 aromatic heterocycles. The monoisotopic (exact) mass is 600 g/mol. The van der Waals surface area contributed by atoms with Gasteiger partial charge in [0.2, 0.25) is 0 Å². The fourth-order valence-electron chi connectivity index (χ4n) is 3.88. The van der Waals surface area contributed by atoms with Crippen molar-refractivity contribution in [1.82, 2.24) is 25.2 Å². The van der Waals surface area contributed by atoms with Crippen molar-refractivity contribution in [3.05, 3.63) is 77.7 Å². The van der Waals surface area contributed by atoms with E-state index < -0.39 is 23.5 Å². The number of methoxy groups -OCH3 is 1. The Morgan fingerprint density at radius 3 is 2.69 bits per heavy atom. The number of carbonyl (C=O) groups is 1. The predicted octanol–water partition coefficient (Wildman–Crippen LogP) is 6.95. The van der Waals surface area contributed by atoms with Crippen LogP contribution in [-0.4, -0.2) is 40.8 Å². The van der Waals surface area contributed by atoms with Crippen molar-refractivity contribution in [3.63, 3.8) is 0 Å². The Kier molecular flexibility index (Phi) is 10.3.